The highest BCUT2D eigenvalue weighted by Gasteiger charge is 2.54. The van der Waals surface area contributed by atoms with Gasteiger partial charge in [0.2, 0.25) is 0 Å². The minimum atomic E-state index is -0.503. The molecule has 0 saturated heterocycles. The van der Waals surface area contributed by atoms with E-state index in [1.807, 2.05) is 0 Å². The Morgan fingerprint density at radius 1 is 0.365 bits per heavy atom. The van der Waals surface area contributed by atoms with Crippen LogP contribution in [0.25, 0.3) is 54.6 Å². The maximum Gasteiger partial charge on any atom is 0.0737 e. The molecule has 0 aliphatic heterocycles. The largest absolute Gasteiger partial charge is 0.310 e. The maximum atomic E-state index is 2.53. The molecule has 0 atom stereocenters. The van der Waals surface area contributed by atoms with Crippen LogP contribution in [-0.2, 0) is 5.41 Å². The molecule has 0 saturated carbocycles. The number of para-hydroxylation sites is 1. The molecule has 2 aliphatic carbocycles. The molecule has 1 spiro atoms. The van der Waals surface area contributed by atoms with E-state index in [1.165, 1.54) is 99.3 Å². The van der Waals surface area contributed by atoms with E-state index in [0.717, 1.165) is 5.69 Å². The first-order valence-electron chi connectivity index (χ1n) is 18.3. The van der Waals surface area contributed by atoms with Crippen molar-refractivity contribution in [2.45, 2.75) is 19.3 Å². The number of nitrogens with zero attached hydrogens (tertiary/aromatic N) is 1. The van der Waals surface area contributed by atoms with Gasteiger partial charge in [-0.1, -0.05) is 146 Å². The third-order valence-corrected chi connectivity index (χ3v) is 11.6. The van der Waals surface area contributed by atoms with Gasteiger partial charge in [-0.3, -0.25) is 0 Å². The fourth-order valence-corrected chi connectivity index (χ4v) is 9.94. The van der Waals surface area contributed by atoms with Crippen molar-refractivity contribution < 1.29 is 0 Å². The minimum Gasteiger partial charge on any atom is -0.310 e. The van der Waals surface area contributed by atoms with Crippen molar-refractivity contribution in [3.8, 4) is 22.3 Å². The Morgan fingerprint density at radius 2 is 0.846 bits per heavy atom. The fraction of sp³-hybridized carbons (Fsp3) is 0.0588. The highest BCUT2D eigenvalue weighted by Crippen LogP contribution is 2.67. The van der Waals surface area contributed by atoms with Gasteiger partial charge in [0.05, 0.1) is 11.1 Å². The topological polar surface area (TPSA) is 3.24 Å². The molecular formula is C51H35N. The second-order valence-electron chi connectivity index (χ2n) is 14.6. The molecule has 1 heteroatoms. The van der Waals surface area contributed by atoms with Crippen LogP contribution in [0, 0.1) is 13.8 Å². The molecule has 0 amide bonds. The SMILES string of the molecule is Cc1cc(C)cc(N(c2ccccc2)c2cc3c(c4ccccc24)C2(c4ccccc4-c4ccccc42)c2c-3c3ccccc3c3ccccc23)c1. The first-order valence-corrected chi connectivity index (χ1v) is 18.3. The minimum absolute atomic E-state index is 0.503. The molecule has 0 N–H and O–H groups in total. The van der Waals surface area contributed by atoms with Gasteiger partial charge in [-0.2, -0.15) is 0 Å². The van der Waals surface area contributed by atoms with Crippen LogP contribution in [0.5, 0.6) is 0 Å². The lowest BCUT2D eigenvalue weighted by Crippen LogP contribution is -2.26. The lowest BCUT2D eigenvalue weighted by molar-refractivity contribution is 0.809. The van der Waals surface area contributed by atoms with E-state index in [4.69, 9.17) is 0 Å². The van der Waals surface area contributed by atoms with Gasteiger partial charge < -0.3 is 4.90 Å². The summed E-state index contributed by atoms with van der Waals surface area (Å²) in [6, 6.07) is 66.0. The summed E-state index contributed by atoms with van der Waals surface area (Å²) in [7, 11) is 0. The number of fused-ring (bicyclic) bond motifs is 17. The van der Waals surface area contributed by atoms with E-state index in [-0.39, 0.29) is 0 Å². The molecule has 0 radical (unpaired) electrons. The summed E-state index contributed by atoms with van der Waals surface area (Å²) >= 11 is 0. The number of hydrogen-bond donors (Lipinski definition) is 0. The van der Waals surface area contributed by atoms with Crippen LogP contribution in [0.15, 0.2) is 176 Å². The van der Waals surface area contributed by atoms with Gasteiger partial charge in [-0.15, -0.1) is 0 Å². The molecule has 244 valence electrons. The monoisotopic (exact) mass is 661 g/mol. The molecule has 0 aromatic heterocycles. The molecule has 0 fully saturated rings. The van der Waals surface area contributed by atoms with Gasteiger partial charge in [-0.25, -0.2) is 0 Å². The van der Waals surface area contributed by atoms with Gasteiger partial charge in [0, 0.05) is 16.8 Å². The average molecular weight is 662 g/mol. The summed E-state index contributed by atoms with van der Waals surface area (Å²) in [5.41, 5.74) is 16.3. The fourth-order valence-electron chi connectivity index (χ4n) is 9.94. The molecule has 0 heterocycles. The smallest absolute Gasteiger partial charge is 0.0737 e. The standard InChI is InChI=1S/C51H35N/c1-32-28-33(2)30-35(29-32)52(34-16-4-3-5-17-34)47-31-44-48-41-23-9-6-18-36(41)37-19-7-10-24-42(37)50(48)51(49(44)43-25-11-8-22-40(43)47)45-26-14-12-20-38(45)39-21-13-15-27-46(39)51/h3-31H,1-2H3. The van der Waals surface area contributed by atoms with Crippen LogP contribution in [0.1, 0.15) is 33.4 Å². The second-order valence-corrected chi connectivity index (χ2v) is 14.6. The van der Waals surface area contributed by atoms with Gasteiger partial charge >= 0.3 is 0 Å². The maximum absolute atomic E-state index is 2.53. The van der Waals surface area contributed by atoms with E-state index in [1.54, 1.807) is 0 Å². The first kappa shape index (κ1) is 29.3. The predicted molar refractivity (Wildman–Crippen MR) is 219 cm³/mol. The number of benzene rings is 9. The Hall–Kier alpha value is -6.44. The number of anilines is 3. The summed E-state index contributed by atoms with van der Waals surface area (Å²) < 4.78 is 0. The van der Waals surface area contributed by atoms with Crippen molar-refractivity contribution >= 4 is 49.4 Å². The zero-order valence-corrected chi connectivity index (χ0v) is 29.2. The molecule has 9 aromatic carbocycles. The van der Waals surface area contributed by atoms with Gasteiger partial charge in [0.1, 0.15) is 0 Å². The Kier molecular flexibility index (Phi) is 6.08. The van der Waals surface area contributed by atoms with Crippen LogP contribution in [0.3, 0.4) is 0 Å². The molecule has 11 rings (SSSR count). The van der Waals surface area contributed by atoms with Crippen molar-refractivity contribution in [1.29, 1.82) is 0 Å². The zero-order chi connectivity index (χ0) is 34.6. The third kappa shape index (κ3) is 3.78. The Labute approximate surface area is 304 Å². The first-order chi connectivity index (χ1) is 25.6. The normalized spacial score (nSPS) is 13.3. The van der Waals surface area contributed by atoms with Crippen molar-refractivity contribution in [2.24, 2.45) is 0 Å². The molecule has 9 aromatic rings. The Balaban J connectivity index is 1.39. The van der Waals surface area contributed by atoms with Crippen molar-refractivity contribution in [3.05, 3.63) is 209 Å². The van der Waals surface area contributed by atoms with E-state index < -0.39 is 5.41 Å². The van der Waals surface area contributed by atoms with Crippen LogP contribution in [0.2, 0.25) is 0 Å². The molecule has 52 heavy (non-hydrogen) atoms. The quantitative estimate of drug-likeness (QED) is 0.170. The van der Waals surface area contributed by atoms with Gasteiger partial charge in [0.15, 0.2) is 0 Å². The molecular weight excluding hydrogens is 627 g/mol. The van der Waals surface area contributed by atoms with Crippen LogP contribution < -0.4 is 4.90 Å². The summed E-state index contributed by atoms with van der Waals surface area (Å²) in [5.74, 6) is 0. The van der Waals surface area contributed by atoms with Crippen molar-refractivity contribution in [3.63, 3.8) is 0 Å². The lowest BCUT2D eigenvalue weighted by atomic mass is 9.68. The van der Waals surface area contributed by atoms with Gasteiger partial charge in [-0.05, 0) is 127 Å². The Bertz CT molecular complexity index is 2870. The highest BCUT2D eigenvalue weighted by molar-refractivity contribution is 6.22. The van der Waals surface area contributed by atoms with Crippen LogP contribution in [-0.4, -0.2) is 0 Å². The van der Waals surface area contributed by atoms with Crippen molar-refractivity contribution in [2.75, 3.05) is 4.90 Å². The summed E-state index contributed by atoms with van der Waals surface area (Å²) in [4.78, 5) is 2.48. The highest BCUT2D eigenvalue weighted by atomic mass is 15.1. The van der Waals surface area contributed by atoms with E-state index in [2.05, 4.69) is 195 Å². The lowest BCUT2D eigenvalue weighted by Gasteiger charge is -2.33. The van der Waals surface area contributed by atoms with E-state index >= 15 is 0 Å². The van der Waals surface area contributed by atoms with Gasteiger partial charge in [0.25, 0.3) is 0 Å². The predicted octanol–water partition coefficient (Wildman–Crippen LogP) is 13.6. The molecule has 2 aliphatic rings. The molecule has 0 unspecified atom stereocenters. The van der Waals surface area contributed by atoms with E-state index in [0.29, 0.717) is 0 Å². The second kappa shape index (κ2) is 10.8. The molecule has 0 bridgehead atoms. The number of hydrogen-bond acceptors (Lipinski definition) is 1. The summed E-state index contributed by atoms with van der Waals surface area (Å²) in [6.07, 6.45) is 0. The third-order valence-electron chi connectivity index (χ3n) is 11.6. The summed E-state index contributed by atoms with van der Waals surface area (Å²) in [6.45, 7) is 4.40. The number of aryl methyl sites for hydroxylation is 2. The Morgan fingerprint density at radius 3 is 1.48 bits per heavy atom. The van der Waals surface area contributed by atoms with Crippen LogP contribution >= 0.6 is 0 Å². The summed E-state index contributed by atoms with van der Waals surface area (Å²) in [5, 5.41) is 7.75. The van der Waals surface area contributed by atoms with E-state index in [9.17, 15) is 0 Å². The average Bonchev–Trinajstić information content (AvgIpc) is 3.66. The van der Waals surface area contributed by atoms with Crippen molar-refractivity contribution in [1.82, 2.24) is 0 Å². The van der Waals surface area contributed by atoms with Crippen LogP contribution in [0.4, 0.5) is 17.1 Å². The number of rotatable bonds is 3. The zero-order valence-electron chi connectivity index (χ0n) is 29.2. The molecule has 1 nitrogen and oxygen atoms in total.